The number of hydrogen-bond donors (Lipinski definition) is 6. The van der Waals surface area contributed by atoms with Gasteiger partial charge in [0.05, 0.1) is 24.8 Å². The maximum atomic E-state index is 14.6. The van der Waals surface area contributed by atoms with Crippen LogP contribution in [-0.2, 0) is 44.7 Å². The lowest BCUT2D eigenvalue weighted by atomic mass is 9.92. The minimum Gasteiger partial charge on any atom is -0.455 e. The lowest BCUT2D eigenvalue weighted by molar-refractivity contribution is -0.149. The summed E-state index contributed by atoms with van der Waals surface area (Å²) in [6.45, 7) is 14.5. The summed E-state index contributed by atoms with van der Waals surface area (Å²) in [6, 6.07) is 13.4. The minimum atomic E-state index is -1.21. The van der Waals surface area contributed by atoms with Gasteiger partial charge in [-0.3, -0.25) is 43.3 Å². The van der Waals surface area contributed by atoms with Crippen molar-refractivity contribution in [2.75, 3.05) is 46.0 Å². The molecular weight excluding hydrogens is 1090 g/mol. The van der Waals surface area contributed by atoms with Crippen molar-refractivity contribution in [2.45, 2.75) is 171 Å². The average Bonchev–Trinajstić information content (AvgIpc) is 3.97. The number of rotatable bonds is 30. The number of likely N-dealkylation sites (tertiary alicyclic amines) is 2. The lowest BCUT2D eigenvalue weighted by Gasteiger charge is -2.38. The molecule has 5 rings (SSSR count). The maximum absolute atomic E-state index is 14.6. The molecule has 0 radical (unpaired) electrons. The maximum Gasteiger partial charge on any atom is 0.303 e. The van der Waals surface area contributed by atoms with Crippen molar-refractivity contribution in [1.29, 1.82) is 0 Å². The van der Waals surface area contributed by atoms with E-state index in [1.165, 1.54) is 24.1 Å². The summed E-state index contributed by atoms with van der Waals surface area (Å²) in [5.74, 6) is -3.94. The normalized spacial score (nSPS) is 17.3. The molecule has 2 aliphatic heterocycles. The van der Waals surface area contributed by atoms with Gasteiger partial charge in [-0.05, 0) is 88.2 Å². The standard InChI is InChI=1S/C59H86N10O9S3/c1-10-38(4)51(66-56(76)47-26-18-20-30-67(47)8)58(77)68(9)48(37(2)3)32-49(78-39(5)70)57-65-46(36-81-57)55(75)64-45(35-80-42-23-15-12-16-24-42)54(74)62-43(25-17-19-29-60)52(72)63-44(31-40-21-13-11-14-22-40)53(73)61-41-33-69(34-41)50(71)27-28-59(6,7)79/h11-16,21-24,36-38,43-45,47-49,51,79H,10,17-20,25-35,60H2,1-9H3,(H,62,74)(H,63,72)(H,64,75)(H,66,76)/t38-,43+,44-,45-,47?,48+,49+,51-/m0/s1. The Morgan fingerprint density at radius 3 is 2.19 bits per heavy atom. The van der Waals surface area contributed by atoms with Gasteiger partial charge in [0.15, 0.2) is 6.10 Å². The summed E-state index contributed by atoms with van der Waals surface area (Å²) in [5.41, 5.74) is 7.10. The number of carbonyl (C=O) groups excluding carboxylic acids is 8. The molecule has 0 saturated carbocycles. The Morgan fingerprint density at radius 1 is 0.914 bits per heavy atom. The molecule has 8 atom stereocenters. The molecule has 19 nitrogen and oxygen atoms in total. The van der Waals surface area contributed by atoms with E-state index in [2.05, 4.69) is 43.9 Å². The van der Waals surface area contributed by atoms with Crippen molar-refractivity contribution >= 4 is 88.8 Å². The zero-order valence-electron chi connectivity index (χ0n) is 48.6. The van der Waals surface area contributed by atoms with Crippen LogP contribution in [-0.4, -0.2) is 160 Å². The molecule has 81 heavy (non-hydrogen) atoms. The summed E-state index contributed by atoms with van der Waals surface area (Å²) in [4.78, 5) is 126. The number of unbranched alkanes of at least 4 members (excludes halogenated alkanes) is 1. The van der Waals surface area contributed by atoms with Crippen LogP contribution in [0.15, 0.2) is 75.9 Å². The van der Waals surface area contributed by atoms with Gasteiger partial charge in [0.25, 0.3) is 11.8 Å². The van der Waals surface area contributed by atoms with E-state index in [0.29, 0.717) is 55.8 Å². The van der Waals surface area contributed by atoms with Gasteiger partial charge in [-0.15, -0.1) is 23.1 Å². The van der Waals surface area contributed by atoms with Gasteiger partial charge < -0.3 is 41.5 Å². The van der Waals surface area contributed by atoms with E-state index in [0.717, 1.165) is 41.2 Å². The number of amides is 7. The molecule has 1 aromatic heterocycles. The zero-order valence-corrected chi connectivity index (χ0v) is 51.1. The number of nitrogens with zero attached hydrogens (tertiary/aromatic N) is 5. The molecule has 2 fully saturated rings. The predicted octanol–water partition coefficient (Wildman–Crippen LogP) is 6.17. The summed E-state index contributed by atoms with van der Waals surface area (Å²) in [6.07, 6.45) is 4.63. The number of aliphatic imine (C=N–C) groups is 1. The molecule has 1 unspecified atom stereocenters. The largest absolute Gasteiger partial charge is 0.455 e. The molecule has 0 aliphatic carbocycles. The zero-order chi connectivity index (χ0) is 59.4. The number of thiol groups is 1. The van der Waals surface area contributed by atoms with E-state index in [4.69, 9.17) is 10.5 Å². The number of piperidine rings is 1. The van der Waals surface area contributed by atoms with Crippen LogP contribution in [0.3, 0.4) is 0 Å². The SMILES string of the molecule is CC[C@H](C)[C@H](NC(=O)C1CCCCN1C)C(=O)N(C)[C@H](C[C@@H](OC(C)=O)c1nc(C(=O)N[C@@H](CSc2ccccc2)C(=O)N[C@H](CCCCN)C(=O)N[C@@H](Cc2ccccc2)C(=O)N=C2CN(C(=O)CCC(C)(C)S)C2)cs1)C(C)C. The third kappa shape index (κ3) is 20.9. The molecule has 3 heterocycles. The van der Waals surface area contributed by atoms with Gasteiger partial charge in [0, 0.05) is 60.1 Å². The number of nitrogens with one attached hydrogen (secondary N) is 4. The summed E-state index contributed by atoms with van der Waals surface area (Å²) < 4.78 is 5.57. The number of ether oxygens (including phenoxy) is 1. The number of likely N-dealkylation sites (N-methyl/N-ethyl adjacent to an activating group) is 2. The third-order valence-electron chi connectivity index (χ3n) is 14.8. The number of benzene rings is 2. The Bertz CT molecular complexity index is 2610. The van der Waals surface area contributed by atoms with Gasteiger partial charge in [0.1, 0.15) is 34.9 Å². The monoisotopic (exact) mass is 1170 g/mol. The van der Waals surface area contributed by atoms with Crippen LogP contribution < -0.4 is 27.0 Å². The Balaban J connectivity index is 1.35. The van der Waals surface area contributed by atoms with Crippen molar-refractivity contribution in [3.05, 3.63) is 82.3 Å². The first-order valence-electron chi connectivity index (χ1n) is 28.3. The molecule has 7 amide bonds. The van der Waals surface area contributed by atoms with Gasteiger partial charge in [-0.2, -0.15) is 12.6 Å². The fourth-order valence-corrected chi connectivity index (χ4v) is 11.6. The highest BCUT2D eigenvalue weighted by Crippen LogP contribution is 2.32. The molecule has 2 aliphatic rings. The second-order valence-electron chi connectivity index (χ2n) is 22.4. The van der Waals surface area contributed by atoms with E-state index in [-0.39, 0.29) is 84.1 Å². The average molecular weight is 1180 g/mol. The summed E-state index contributed by atoms with van der Waals surface area (Å²) >= 11 is 6.94. The number of thioether (sulfide) groups is 1. The molecule has 2 aromatic carbocycles. The second-order valence-corrected chi connectivity index (χ2v) is 25.5. The molecule has 3 aromatic rings. The minimum absolute atomic E-state index is 0.0471. The van der Waals surface area contributed by atoms with E-state index < -0.39 is 65.9 Å². The van der Waals surface area contributed by atoms with Crippen molar-refractivity contribution in [3.63, 3.8) is 0 Å². The Hall–Kier alpha value is -5.68. The van der Waals surface area contributed by atoms with E-state index >= 15 is 0 Å². The molecule has 22 heteroatoms. The van der Waals surface area contributed by atoms with E-state index in [1.54, 1.807) is 16.8 Å². The van der Waals surface area contributed by atoms with E-state index in [9.17, 15) is 38.4 Å². The van der Waals surface area contributed by atoms with Gasteiger partial charge in [-0.1, -0.05) is 103 Å². The van der Waals surface area contributed by atoms with Crippen LogP contribution >= 0.6 is 35.7 Å². The Kier molecular flexibility index (Phi) is 26.3. The first-order chi connectivity index (χ1) is 38.5. The van der Waals surface area contributed by atoms with Gasteiger partial charge in [-0.25, -0.2) is 9.98 Å². The van der Waals surface area contributed by atoms with Crippen molar-refractivity contribution in [3.8, 4) is 0 Å². The van der Waals surface area contributed by atoms with E-state index in [1.807, 2.05) is 114 Å². The predicted molar refractivity (Wildman–Crippen MR) is 321 cm³/mol. The number of thiazole rings is 1. The topological polar surface area (TPSA) is 255 Å². The number of aromatic nitrogens is 1. The quantitative estimate of drug-likeness (QED) is 0.0189. The van der Waals surface area contributed by atoms with Crippen LogP contribution in [0.5, 0.6) is 0 Å². The summed E-state index contributed by atoms with van der Waals surface area (Å²) in [7, 11) is 3.62. The smallest absolute Gasteiger partial charge is 0.303 e. The number of nitrogens with two attached hydrogens (primary N) is 1. The Labute approximate surface area is 492 Å². The fraction of sp³-hybridized carbons (Fsp3) is 0.593. The first kappa shape index (κ1) is 66.1. The number of carbonyl (C=O) groups is 8. The summed E-state index contributed by atoms with van der Waals surface area (Å²) in [5, 5.41) is 13.5. The van der Waals surface area contributed by atoms with Crippen LogP contribution in [0.1, 0.15) is 140 Å². The molecule has 6 N–H and O–H groups in total. The van der Waals surface area contributed by atoms with Crippen LogP contribution in [0.25, 0.3) is 0 Å². The highest BCUT2D eigenvalue weighted by atomic mass is 32.2. The fourth-order valence-electron chi connectivity index (χ4n) is 9.67. The highest BCUT2D eigenvalue weighted by molar-refractivity contribution is 7.99. The first-order valence-corrected chi connectivity index (χ1v) is 30.6. The molecular formula is C59H86N10O9S3. The number of esters is 1. The van der Waals surface area contributed by atoms with Crippen molar-refractivity contribution in [1.82, 2.24) is 41.0 Å². The molecule has 2 saturated heterocycles. The van der Waals surface area contributed by atoms with Crippen LogP contribution in [0.4, 0.5) is 0 Å². The lowest BCUT2D eigenvalue weighted by Crippen LogP contribution is -2.58. The van der Waals surface area contributed by atoms with Crippen LogP contribution in [0.2, 0.25) is 0 Å². The second kappa shape index (κ2) is 32.2. The van der Waals surface area contributed by atoms with Crippen LogP contribution in [0, 0.1) is 11.8 Å². The third-order valence-corrected chi connectivity index (χ3v) is 17.1. The van der Waals surface area contributed by atoms with Crippen molar-refractivity contribution < 1.29 is 43.1 Å². The Morgan fingerprint density at radius 2 is 1.57 bits per heavy atom. The highest BCUT2D eigenvalue weighted by Gasteiger charge is 2.38. The van der Waals surface area contributed by atoms with Gasteiger partial charge >= 0.3 is 5.97 Å². The van der Waals surface area contributed by atoms with Crippen molar-refractivity contribution in [2.24, 2.45) is 22.6 Å². The molecule has 0 bridgehead atoms. The van der Waals surface area contributed by atoms with Gasteiger partial charge in [0.2, 0.25) is 29.5 Å². The molecule has 444 valence electrons. The number of hydrogen-bond acceptors (Lipinski definition) is 15. The molecule has 0 spiro atoms.